The van der Waals surface area contributed by atoms with Gasteiger partial charge < -0.3 is 10.5 Å². The smallest absolute Gasteiger partial charge is 0.326 e. The lowest BCUT2D eigenvalue weighted by atomic mass is 9.78. The molecule has 1 saturated carbocycles. The van der Waals surface area contributed by atoms with Crippen LogP contribution in [0.5, 0.6) is 0 Å². The average Bonchev–Trinajstić information content (AvgIpc) is 2.40. The Hall–Kier alpha value is -0.870. The van der Waals surface area contributed by atoms with E-state index in [1.165, 1.54) is 0 Å². The van der Waals surface area contributed by atoms with Crippen molar-refractivity contribution in [1.82, 2.24) is 0 Å². The summed E-state index contributed by atoms with van der Waals surface area (Å²) in [6.45, 7) is 2.49. The van der Waals surface area contributed by atoms with Crippen LogP contribution < -0.4 is 5.73 Å². The van der Waals surface area contributed by atoms with Gasteiger partial charge in [-0.05, 0) is 49.3 Å². The zero-order chi connectivity index (χ0) is 13.9. The van der Waals surface area contributed by atoms with Crippen molar-refractivity contribution in [2.24, 2.45) is 11.7 Å². The van der Waals surface area contributed by atoms with Gasteiger partial charge in [-0.3, -0.25) is 4.79 Å². The summed E-state index contributed by atoms with van der Waals surface area (Å²) in [6, 6.07) is 7.75. The largest absolute Gasteiger partial charge is 0.459 e. The van der Waals surface area contributed by atoms with Crippen LogP contribution in [0.2, 0.25) is 0 Å². The van der Waals surface area contributed by atoms with E-state index in [2.05, 4.69) is 22.9 Å². The molecular formula is C15H20BrNO2. The van der Waals surface area contributed by atoms with Crippen molar-refractivity contribution in [3.63, 3.8) is 0 Å². The van der Waals surface area contributed by atoms with Crippen molar-refractivity contribution < 1.29 is 9.53 Å². The molecule has 1 aromatic rings. The van der Waals surface area contributed by atoms with Gasteiger partial charge in [0, 0.05) is 4.47 Å². The third-order valence-corrected chi connectivity index (χ3v) is 4.33. The minimum absolute atomic E-state index is 0.264. The van der Waals surface area contributed by atoms with Gasteiger partial charge in [-0.15, -0.1) is 0 Å². The molecule has 0 aliphatic heterocycles. The number of hydrogen-bond donors (Lipinski definition) is 1. The Bertz CT molecular complexity index is 453. The Morgan fingerprint density at radius 2 is 2.16 bits per heavy atom. The van der Waals surface area contributed by atoms with Crippen molar-refractivity contribution in [2.75, 3.05) is 0 Å². The molecule has 1 aliphatic rings. The van der Waals surface area contributed by atoms with Gasteiger partial charge in [-0.25, -0.2) is 0 Å². The van der Waals surface area contributed by atoms with Gasteiger partial charge in [0.1, 0.15) is 12.1 Å². The van der Waals surface area contributed by atoms with Gasteiger partial charge in [0.25, 0.3) is 0 Å². The zero-order valence-corrected chi connectivity index (χ0v) is 12.8. The van der Waals surface area contributed by atoms with Crippen molar-refractivity contribution in [3.8, 4) is 0 Å². The second kappa shape index (κ2) is 6.06. The molecule has 0 atom stereocenters. The number of halogens is 1. The molecule has 0 radical (unpaired) electrons. The van der Waals surface area contributed by atoms with Crippen molar-refractivity contribution in [3.05, 3.63) is 34.3 Å². The highest BCUT2D eigenvalue weighted by molar-refractivity contribution is 9.10. The summed E-state index contributed by atoms with van der Waals surface area (Å²) in [6.07, 6.45) is 3.46. The molecule has 0 spiro atoms. The molecule has 0 aromatic heterocycles. The van der Waals surface area contributed by atoms with Gasteiger partial charge in [0.05, 0.1) is 0 Å². The van der Waals surface area contributed by atoms with E-state index in [1.807, 2.05) is 24.3 Å². The first-order valence-corrected chi connectivity index (χ1v) is 7.49. The molecule has 1 aliphatic carbocycles. The highest BCUT2D eigenvalue weighted by atomic mass is 79.9. The number of hydrogen-bond acceptors (Lipinski definition) is 3. The first kappa shape index (κ1) is 14.5. The monoisotopic (exact) mass is 325 g/mol. The Balaban J connectivity index is 1.90. The standard InChI is InChI=1S/C15H20BrNO2/c1-11-5-7-15(17,8-6-11)14(18)19-10-12-3-2-4-13(16)9-12/h2-4,9,11H,5-8,10,17H2,1H3. The molecule has 0 bridgehead atoms. The predicted octanol–water partition coefficient (Wildman–Crippen LogP) is 3.40. The van der Waals surface area contributed by atoms with E-state index in [0.29, 0.717) is 5.92 Å². The lowest BCUT2D eigenvalue weighted by Crippen LogP contribution is -2.51. The van der Waals surface area contributed by atoms with Crippen LogP contribution in [0.1, 0.15) is 38.2 Å². The first-order valence-electron chi connectivity index (χ1n) is 6.70. The van der Waals surface area contributed by atoms with Gasteiger partial charge >= 0.3 is 5.97 Å². The molecule has 104 valence electrons. The maximum atomic E-state index is 12.1. The second-order valence-electron chi connectivity index (χ2n) is 5.54. The van der Waals surface area contributed by atoms with Crippen molar-refractivity contribution in [2.45, 2.75) is 44.8 Å². The van der Waals surface area contributed by atoms with E-state index in [1.54, 1.807) is 0 Å². The van der Waals surface area contributed by atoms with Gasteiger partial charge in [-0.1, -0.05) is 35.0 Å². The van der Waals surface area contributed by atoms with E-state index in [9.17, 15) is 4.79 Å². The Morgan fingerprint density at radius 1 is 1.47 bits per heavy atom. The van der Waals surface area contributed by atoms with E-state index >= 15 is 0 Å². The number of carbonyl (C=O) groups is 1. The molecule has 3 nitrogen and oxygen atoms in total. The van der Waals surface area contributed by atoms with Gasteiger partial charge in [0.2, 0.25) is 0 Å². The Kier molecular flexibility index (Phi) is 4.63. The summed E-state index contributed by atoms with van der Waals surface area (Å²) in [5, 5.41) is 0. The summed E-state index contributed by atoms with van der Waals surface area (Å²) in [7, 11) is 0. The second-order valence-corrected chi connectivity index (χ2v) is 6.46. The average molecular weight is 326 g/mol. The maximum absolute atomic E-state index is 12.1. The summed E-state index contributed by atoms with van der Waals surface area (Å²) in [5.41, 5.74) is 6.36. The molecule has 0 amide bonds. The number of rotatable bonds is 3. The van der Waals surface area contributed by atoms with Crippen LogP contribution in [-0.2, 0) is 16.1 Å². The fraction of sp³-hybridized carbons (Fsp3) is 0.533. The number of benzene rings is 1. The van der Waals surface area contributed by atoms with E-state index < -0.39 is 5.54 Å². The third kappa shape index (κ3) is 3.80. The lowest BCUT2D eigenvalue weighted by molar-refractivity contribution is -0.153. The maximum Gasteiger partial charge on any atom is 0.326 e. The number of esters is 1. The molecule has 2 N–H and O–H groups in total. The zero-order valence-electron chi connectivity index (χ0n) is 11.2. The van der Waals surface area contributed by atoms with Crippen LogP contribution in [0.4, 0.5) is 0 Å². The quantitative estimate of drug-likeness (QED) is 0.866. The summed E-state index contributed by atoms with van der Waals surface area (Å²) in [4.78, 5) is 12.1. The summed E-state index contributed by atoms with van der Waals surface area (Å²) in [5.74, 6) is 0.397. The highest BCUT2D eigenvalue weighted by Crippen LogP contribution is 2.31. The van der Waals surface area contributed by atoms with E-state index in [0.717, 1.165) is 35.7 Å². The lowest BCUT2D eigenvalue weighted by Gasteiger charge is -2.33. The van der Waals surface area contributed by atoms with Gasteiger partial charge in [0.15, 0.2) is 0 Å². The molecular weight excluding hydrogens is 306 g/mol. The fourth-order valence-corrected chi connectivity index (χ4v) is 2.85. The van der Waals surface area contributed by atoms with Crippen LogP contribution in [-0.4, -0.2) is 11.5 Å². The van der Waals surface area contributed by atoms with Crippen LogP contribution >= 0.6 is 15.9 Å². The summed E-state index contributed by atoms with van der Waals surface area (Å²) >= 11 is 3.40. The molecule has 0 heterocycles. The number of ether oxygens (including phenoxy) is 1. The normalized spacial score (nSPS) is 27.0. The Morgan fingerprint density at radius 3 is 2.79 bits per heavy atom. The first-order chi connectivity index (χ1) is 8.99. The Labute approximate surface area is 122 Å². The molecule has 19 heavy (non-hydrogen) atoms. The predicted molar refractivity (Wildman–Crippen MR) is 78.5 cm³/mol. The number of nitrogens with two attached hydrogens (primary N) is 1. The van der Waals surface area contributed by atoms with E-state index in [-0.39, 0.29) is 12.6 Å². The summed E-state index contributed by atoms with van der Waals surface area (Å²) < 4.78 is 6.36. The molecule has 0 saturated heterocycles. The highest BCUT2D eigenvalue weighted by Gasteiger charge is 2.38. The van der Waals surface area contributed by atoms with E-state index in [4.69, 9.17) is 10.5 Å². The van der Waals surface area contributed by atoms with Crippen LogP contribution in [0.3, 0.4) is 0 Å². The molecule has 1 aromatic carbocycles. The van der Waals surface area contributed by atoms with Crippen LogP contribution in [0, 0.1) is 5.92 Å². The molecule has 2 rings (SSSR count). The topological polar surface area (TPSA) is 52.3 Å². The van der Waals surface area contributed by atoms with Crippen molar-refractivity contribution >= 4 is 21.9 Å². The third-order valence-electron chi connectivity index (χ3n) is 3.83. The van der Waals surface area contributed by atoms with Crippen molar-refractivity contribution in [1.29, 1.82) is 0 Å². The molecule has 1 fully saturated rings. The molecule has 0 unspecified atom stereocenters. The number of carbonyl (C=O) groups excluding carboxylic acids is 1. The van der Waals surface area contributed by atoms with Gasteiger partial charge in [-0.2, -0.15) is 0 Å². The minimum atomic E-state index is -0.779. The molecule has 4 heteroatoms. The van der Waals surface area contributed by atoms with Crippen LogP contribution in [0.15, 0.2) is 28.7 Å². The minimum Gasteiger partial charge on any atom is -0.459 e. The SMILES string of the molecule is CC1CCC(N)(C(=O)OCc2cccc(Br)c2)CC1. The fourth-order valence-electron chi connectivity index (χ4n) is 2.40. The van der Waals surface area contributed by atoms with Crippen LogP contribution in [0.25, 0.3) is 0 Å².